The highest BCUT2D eigenvalue weighted by molar-refractivity contribution is 5.92. The minimum atomic E-state index is 0.174. The summed E-state index contributed by atoms with van der Waals surface area (Å²) in [6.45, 7) is 9.27. The van der Waals surface area contributed by atoms with Crippen molar-refractivity contribution in [2.45, 2.75) is 20.3 Å². The monoisotopic (exact) mass is 351 g/mol. The maximum absolute atomic E-state index is 12.4. The topological polar surface area (TPSA) is 26.8 Å². The van der Waals surface area contributed by atoms with Crippen LogP contribution in [0, 0.1) is 13.8 Å². The number of benzene rings is 2. The van der Waals surface area contributed by atoms with Gasteiger partial charge >= 0.3 is 0 Å². The van der Waals surface area contributed by atoms with Gasteiger partial charge in [-0.25, -0.2) is 0 Å². The molecule has 0 aliphatic carbocycles. The quantitative estimate of drug-likeness (QED) is 0.825. The average molecular weight is 351 g/mol. The second-order valence-corrected chi connectivity index (χ2v) is 7.09. The molecule has 0 saturated carbocycles. The molecule has 2 aromatic rings. The first-order valence-electron chi connectivity index (χ1n) is 9.41. The van der Waals surface area contributed by atoms with Gasteiger partial charge in [0.2, 0.25) is 5.91 Å². The van der Waals surface area contributed by atoms with E-state index < -0.39 is 0 Å². The largest absolute Gasteiger partial charge is 0.369 e. The van der Waals surface area contributed by atoms with Crippen molar-refractivity contribution in [1.82, 2.24) is 4.90 Å². The first-order valence-corrected chi connectivity index (χ1v) is 9.41. The van der Waals surface area contributed by atoms with Crippen LogP contribution in [0.25, 0.3) is 0 Å². The Balaban J connectivity index is 1.48. The van der Waals surface area contributed by atoms with Crippen LogP contribution in [-0.2, 0) is 4.79 Å². The van der Waals surface area contributed by atoms with Crippen LogP contribution < -0.4 is 9.80 Å². The van der Waals surface area contributed by atoms with E-state index in [9.17, 15) is 4.79 Å². The minimum absolute atomic E-state index is 0.174. The van der Waals surface area contributed by atoms with E-state index in [4.69, 9.17) is 0 Å². The Morgan fingerprint density at radius 2 is 1.65 bits per heavy atom. The third-order valence-electron chi connectivity index (χ3n) is 5.45. The van der Waals surface area contributed by atoms with E-state index in [2.05, 4.69) is 41.8 Å². The molecule has 2 aromatic carbocycles. The van der Waals surface area contributed by atoms with Crippen LogP contribution in [0.1, 0.15) is 17.5 Å². The molecule has 26 heavy (non-hydrogen) atoms. The van der Waals surface area contributed by atoms with Gasteiger partial charge in [0.1, 0.15) is 0 Å². The summed E-state index contributed by atoms with van der Waals surface area (Å²) in [7, 11) is 1.86. The molecular formula is C22H29N3O. The summed E-state index contributed by atoms with van der Waals surface area (Å²) in [5, 5.41) is 0. The van der Waals surface area contributed by atoms with Crippen LogP contribution in [0.4, 0.5) is 11.4 Å². The lowest BCUT2D eigenvalue weighted by atomic mass is 10.1. The van der Waals surface area contributed by atoms with Crippen LogP contribution in [-0.4, -0.2) is 50.6 Å². The fraction of sp³-hybridized carbons (Fsp3) is 0.409. The molecule has 0 radical (unpaired) electrons. The lowest BCUT2D eigenvalue weighted by Crippen LogP contribution is -2.47. The van der Waals surface area contributed by atoms with Gasteiger partial charge in [-0.1, -0.05) is 30.3 Å². The number of rotatable bonds is 5. The van der Waals surface area contributed by atoms with E-state index in [1.165, 1.54) is 16.8 Å². The number of nitrogens with zero attached hydrogens (tertiary/aromatic N) is 3. The molecule has 138 valence electrons. The van der Waals surface area contributed by atoms with Gasteiger partial charge in [-0.05, 0) is 43.2 Å². The molecule has 1 amide bonds. The van der Waals surface area contributed by atoms with Gasteiger partial charge in [0.25, 0.3) is 0 Å². The molecule has 1 aliphatic rings. The predicted molar refractivity (Wildman–Crippen MR) is 109 cm³/mol. The van der Waals surface area contributed by atoms with E-state index in [-0.39, 0.29) is 5.91 Å². The third-order valence-corrected chi connectivity index (χ3v) is 5.45. The number of amides is 1. The molecule has 0 N–H and O–H groups in total. The lowest BCUT2D eigenvalue weighted by Gasteiger charge is -2.37. The van der Waals surface area contributed by atoms with Crippen molar-refractivity contribution in [1.29, 1.82) is 0 Å². The Morgan fingerprint density at radius 1 is 0.962 bits per heavy atom. The van der Waals surface area contributed by atoms with Gasteiger partial charge < -0.3 is 9.80 Å². The second-order valence-electron chi connectivity index (χ2n) is 7.09. The third kappa shape index (κ3) is 4.25. The van der Waals surface area contributed by atoms with Crippen molar-refractivity contribution in [2.24, 2.45) is 0 Å². The van der Waals surface area contributed by atoms with Crippen LogP contribution in [0.5, 0.6) is 0 Å². The van der Waals surface area contributed by atoms with Gasteiger partial charge in [0, 0.05) is 57.6 Å². The normalized spacial score (nSPS) is 15.1. The smallest absolute Gasteiger partial charge is 0.228 e. The predicted octanol–water partition coefficient (Wildman–Crippen LogP) is 3.48. The van der Waals surface area contributed by atoms with Crippen molar-refractivity contribution in [3.63, 3.8) is 0 Å². The van der Waals surface area contributed by atoms with Crippen LogP contribution >= 0.6 is 0 Å². The van der Waals surface area contributed by atoms with Gasteiger partial charge in [-0.3, -0.25) is 9.69 Å². The summed E-state index contributed by atoms with van der Waals surface area (Å²) in [4.78, 5) is 19.1. The SMILES string of the molecule is Cc1cccc(N2CCN(CCC(=O)N(C)c3ccccc3)CC2)c1C. The van der Waals surface area contributed by atoms with Crippen LogP contribution in [0.2, 0.25) is 0 Å². The Kier molecular flexibility index (Phi) is 5.94. The first-order chi connectivity index (χ1) is 12.6. The number of hydrogen-bond acceptors (Lipinski definition) is 3. The second kappa shape index (κ2) is 8.37. The number of piperazine rings is 1. The zero-order chi connectivity index (χ0) is 18.5. The average Bonchev–Trinajstić information content (AvgIpc) is 2.69. The van der Waals surface area contributed by atoms with Crippen molar-refractivity contribution >= 4 is 17.3 Å². The highest BCUT2D eigenvalue weighted by Crippen LogP contribution is 2.24. The maximum Gasteiger partial charge on any atom is 0.228 e. The molecule has 0 atom stereocenters. The zero-order valence-electron chi connectivity index (χ0n) is 16.1. The summed E-state index contributed by atoms with van der Waals surface area (Å²) in [5.41, 5.74) is 5.03. The molecule has 0 unspecified atom stereocenters. The van der Waals surface area contributed by atoms with Gasteiger partial charge in [-0.15, -0.1) is 0 Å². The minimum Gasteiger partial charge on any atom is -0.369 e. The highest BCUT2D eigenvalue weighted by atomic mass is 16.2. The molecule has 4 heteroatoms. The number of hydrogen-bond donors (Lipinski definition) is 0. The van der Waals surface area contributed by atoms with E-state index in [1.807, 2.05) is 37.4 Å². The van der Waals surface area contributed by atoms with E-state index >= 15 is 0 Å². The van der Waals surface area contributed by atoms with Crippen molar-refractivity contribution in [2.75, 3.05) is 49.6 Å². The number of aryl methyl sites for hydroxylation is 1. The van der Waals surface area contributed by atoms with Gasteiger partial charge in [0.05, 0.1) is 0 Å². The van der Waals surface area contributed by atoms with Gasteiger partial charge in [0.15, 0.2) is 0 Å². The van der Waals surface area contributed by atoms with E-state index in [1.54, 1.807) is 4.90 Å². The summed E-state index contributed by atoms with van der Waals surface area (Å²) in [6, 6.07) is 16.4. The molecule has 0 bridgehead atoms. The summed E-state index contributed by atoms with van der Waals surface area (Å²) in [6.07, 6.45) is 0.564. The molecular weight excluding hydrogens is 322 g/mol. The van der Waals surface area contributed by atoms with Crippen LogP contribution in [0.3, 0.4) is 0 Å². The molecule has 1 saturated heterocycles. The van der Waals surface area contributed by atoms with E-state index in [0.29, 0.717) is 6.42 Å². The van der Waals surface area contributed by atoms with Crippen molar-refractivity contribution < 1.29 is 4.79 Å². The summed E-state index contributed by atoms with van der Waals surface area (Å²) in [5.74, 6) is 0.174. The zero-order valence-corrected chi connectivity index (χ0v) is 16.1. The Morgan fingerprint density at radius 3 is 2.35 bits per heavy atom. The standard InChI is InChI=1S/C22H29N3O/c1-18-8-7-11-21(19(18)2)25-16-14-24(15-17-25)13-12-22(26)23(3)20-9-5-4-6-10-20/h4-11H,12-17H2,1-3H3. The molecule has 0 aromatic heterocycles. The van der Waals surface area contributed by atoms with Crippen molar-refractivity contribution in [3.8, 4) is 0 Å². The molecule has 1 fully saturated rings. The van der Waals surface area contributed by atoms with Crippen molar-refractivity contribution in [3.05, 3.63) is 59.7 Å². The fourth-order valence-corrected chi connectivity index (χ4v) is 3.51. The molecule has 1 aliphatic heterocycles. The lowest BCUT2D eigenvalue weighted by molar-refractivity contribution is -0.118. The molecule has 0 spiro atoms. The number of carbonyl (C=O) groups is 1. The summed E-state index contributed by atoms with van der Waals surface area (Å²) >= 11 is 0. The Labute approximate surface area is 157 Å². The molecule has 1 heterocycles. The number of para-hydroxylation sites is 1. The highest BCUT2D eigenvalue weighted by Gasteiger charge is 2.20. The fourth-order valence-electron chi connectivity index (χ4n) is 3.51. The molecule has 3 rings (SSSR count). The Hall–Kier alpha value is -2.33. The number of anilines is 2. The van der Waals surface area contributed by atoms with Crippen LogP contribution in [0.15, 0.2) is 48.5 Å². The molecule has 4 nitrogen and oxygen atoms in total. The van der Waals surface area contributed by atoms with E-state index in [0.717, 1.165) is 38.4 Å². The maximum atomic E-state index is 12.4. The van der Waals surface area contributed by atoms with Gasteiger partial charge in [-0.2, -0.15) is 0 Å². The summed E-state index contributed by atoms with van der Waals surface area (Å²) < 4.78 is 0. The first kappa shape index (κ1) is 18.5. The Bertz CT molecular complexity index is 736. The number of carbonyl (C=O) groups excluding carboxylic acids is 1.